The van der Waals surface area contributed by atoms with Crippen LogP contribution < -0.4 is 15.8 Å². The predicted molar refractivity (Wildman–Crippen MR) is 117 cm³/mol. The van der Waals surface area contributed by atoms with Crippen LogP contribution >= 0.6 is 8.60 Å². The van der Waals surface area contributed by atoms with E-state index < -0.39 is 20.0 Å². The Morgan fingerprint density at radius 3 is 2.03 bits per heavy atom. The number of anilines is 1. The molecule has 0 saturated carbocycles. The maximum absolute atomic E-state index is 12.3. The molecule has 7 nitrogen and oxygen atoms in total. The predicted octanol–water partition coefficient (Wildman–Crippen LogP) is 4.03. The molecule has 3 aromatic rings. The van der Waals surface area contributed by atoms with Gasteiger partial charge < -0.3 is 30.1 Å². The van der Waals surface area contributed by atoms with E-state index in [9.17, 15) is 4.79 Å². The standard InChI is InChI=1S/C22H23N2O5P/c1-22(23,15-28-30(26)27)21(25)24-18-9-13-20(14-10-18)29-19-11-7-17(8-12-19)16-5-3-2-4-6-16/h2-14,26-27H,15,23H2,1H3,(H,24,25)/t22-/m0/s1. The van der Waals surface area contributed by atoms with Crippen molar-refractivity contribution in [3.05, 3.63) is 78.9 Å². The van der Waals surface area contributed by atoms with Crippen molar-refractivity contribution in [2.45, 2.75) is 12.5 Å². The number of carbonyl (C=O) groups is 1. The number of carbonyl (C=O) groups excluding carboxylic acids is 1. The molecule has 0 bridgehead atoms. The summed E-state index contributed by atoms with van der Waals surface area (Å²) in [5.74, 6) is 0.803. The lowest BCUT2D eigenvalue weighted by Gasteiger charge is -2.23. The summed E-state index contributed by atoms with van der Waals surface area (Å²) in [7, 11) is -2.57. The third-order valence-electron chi connectivity index (χ3n) is 4.31. The first-order valence-corrected chi connectivity index (χ1v) is 10.3. The topological polar surface area (TPSA) is 114 Å². The second-order valence-electron chi connectivity index (χ2n) is 6.91. The molecule has 0 heterocycles. The van der Waals surface area contributed by atoms with Crippen molar-refractivity contribution in [2.75, 3.05) is 11.9 Å². The molecule has 30 heavy (non-hydrogen) atoms. The summed E-state index contributed by atoms with van der Waals surface area (Å²) >= 11 is 0. The van der Waals surface area contributed by atoms with E-state index in [1.165, 1.54) is 6.92 Å². The fourth-order valence-corrected chi connectivity index (χ4v) is 3.00. The molecule has 3 aromatic carbocycles. The van der Waals surface area contributed by atoms with E-state index in [2.05, 4.69) is 9.84 Å². The van der Waals surface area contributed by atoms with Crippen molar-refractivity contribution >= 4 is 20.2 Å². The Kier molecular flexibility index (Phi) is 7.15. The van der Waals surface area contributed by atoms with Crippen LogP contribution in [0.15, 0.2) is 78.9 Å². The Morgan fingerprint density at radius 2 is 1.47 bits per heavy atom. The summed E-state index contributed by atoms with van der Waals surface area (Å²) in [5.41, 5.74) is 7.22. The normalized spacial score (nSPS) is 13.0. The summed E-state index contributed by atoms with van der Waals surface area (Å²) < 4.78 is 10.5. The molecule has 5 N–H and O–H groups in total. The molecule has 1 atom stereocenters. The van der Waals surface area contributed by atoms with Crippen molar-refractivity contribution in [3.63, 3.8) is 0 Å². The van der Waals surface area contributed by atoms with Gasteiger partial charge in [-0.05, 0) is 54.4 Å². The van der Waals surface area contributed by atoms with Gasteiger partial charge >= 0.3 is 8.60 Å². The number of amides is 1. The highest BCUT2D eigenvalue weighted by Gasteiger charge is 2.30. The zero-order chi connectivity index (χ0) is 21.6. The van der Waals surface area contributed by atoms with E-state index in [-0.39, 0.29) is 6.61 Å². The second-order valence-corrected chi connectivity index (χ2v) is 7.68. The number of rotatable bonds is 8. The molecule has 0 spiro atoms. The quantitative estimate of drug-likeness (QED) is 0.405. The number of hydrogen-bond acceptors (Lipinski definition) is 6. The summed E-state index contributed by atoms with van der Waals surface area (Å²) in [4.78, 5) is 29.9. The van der Waals surface area contributed by atoms with E-state index in [1.54, 1.807) is 24.3 Å². The highest BCUT2D eigenvalue weighted by atomic mass is 31.2. The lowest BCUT2D eigenvalue weighted by Crippen LogP contribution is -2.51. The largest absolute Gasteiger partial charge is 0.457 e. The Hall–Kier alpha value is -2.80. The monoisotopic (exact) mass is 426 g/mol. The Balaban J connectivity index is 1.58. The molecule has 3 rings (SSSR count). The number of benzene rings is 3. The third kappa shape index (κ3) is 6.10. The zero-order valence-corrected chi connectivity index (χ0v) is 17.3. The van der Waals surface area contributed by atoms with Crippen molar-refractivity contribution in [1.82, 2.24) is 0 Å². The highest BCUT2D eigenvalue weighted by Crippen LogP contribution is 2.28. The van der Waals surface area contributed by atoms with Gasteiger partial charge in [0.25, 0.3) is 0 Å². The summed E-state index contributed by atoms with van der Waals surface area (Å²) in [5, 5.41) is 2.67. The molecular formula is C22H23N2O5P. The molecule has 0 fully saturated rings. The van der Waals surface area contributed by atoms with Crippen molar-refractivity contribution in [3.8, 4) is 22.6 Å². The van der Waals surface area contributed by atoms with E-state index >= 15 is 0 Å². The molecule has 0 radical (unpaired) electrons. The van der Waals surface area contributed by atoms with Crippen LogP contribution in [0.5, 0.6) is 11.5 Å². The summed E-state index contributed by atoms with van der Waals surface area (Å²) in [6.07, 6.45) is 0. The van der Waals surface area contributed by atoms with Gasteiger partial charge in [0.1, 0.15) is 17.0 Å². The molecule has 156 valence electrons. The second kappa shape index (κ2) is 9.80. The van der Waals surface area contributed by atoms with Crippen LogP contribution in [0.2, 0.25) is 0 Å². The maximum Gasteiger partial charge on any atom is 0.327 e. The average Bonchev–Trinajstić information content (AvgIpc) is 2.75. The molecule has 1 amide bonds. The van der Waals surface area contributed by atoms with Gasteiger partial charge in [0.15, 0.2) is 0 Å². The van der Waals surface area contributed by atoms with Crippen LogP contribution in [0.4, 0.5) is 5.69 Å². The van der Waals surface area contributed by atoms with Crippen LogP contribution in [0.25, 0.3) is 11.1 Å². The molecule has 0 aromatic heterocycles. The van der Waals surface area contributed by atoms with Crippen molar-refractivity contribution in [1.29, 1.82) is 0 Å². The van der Waals surface area contributed by atoms with Crippen LogP contribution in [0, 0.1) is 0 Å². The van der Waals surface area contributed by atoms with Crippen LogP contribution in [-0.2, 0) is 9.32 Å². The molecular weight excluding hydrogens is 403 g/mol. The van der Waals surface area contributed by atoms with Gasteiger partial charge in [-0.3, -0.25) is 4.79 Å². The molecule has 0 aliphatic rings. The fourth-order valence-electron chi connectivity index (χ4n) is 2.62. The lowest BCUT2D eigenvalue weighted by molar-refractivity contribution is -0.121. The van der Waals surface area contributed by atoms with E-state index in [0.29, 0.717) is 17.2 Å². The van der Waals surface area contributed by atoms with Crippen molar-refractivity contribution in [2.24, 2.45) is 5.73 Å². The van der Waals surface area contributed by atoms with Crippen LogP contribution in [0.1, 0.15) is 6.92 Å². The zero-order valence-electron chi connectivity index (χ0n) is 16.4. The van der Waals surface area contributed by atoms with Crippen LogP contribution in [-0.4, -0.2) is 27.8 Å². The van der Waals surface area contributed by atoms with Crippen molar-refractivity contribution < 1.29 is 23.8 Å². The van der Waals surface area contributed by atoms with Gasteiger partial charge in [0.2, 0.25) is 5.91 Å². The molecule has 0 aliphatic carbocycles. The third-order valence-corrected chi connectivity index (χ3v) is 4.67. The summed E-state index contributed by atoms with van der Waals surface area (Å²) in [6, 6.07) is 24.7. The summed E-state index contributed by atoms with van der Waals surface area (Å²) in [6.45, 7) is 1.12. The number of nitrogens with two attached hydrogens (primary N) is 1. The lowest BCUT2D eigenvalue weighted by atomic mass is 10.0. The van der Waals surface area contributed by atoms with Crippen LogP contribution in [0.3, 0.4) is 0 Å². The Labute approximate surface area is 176 Å². The molecule has 0 aliphatic heterocycles. The SMILES string of the molecule is C[C@](N)(COP(O)O)C(=O)Nc1ccc(Oc2ccc(-c3ccccc3)cc2)cc1. The van der Waals surface area contributed by atoms with E-state index in [1.807, 2.05) is 54.6 Å². The highest BCUT2D eigenvalue weighted by molar-refractivity contribution is 7.39. The fraction of sp³-hybridized carbons (Fsp3) is 0.136. The number of hydrogen-bond donors (Lipinski definition) is 4. The maximum atomic E-state index is 12.3. The van der Waals surface area contributed by atoms with Gasteiger partial charge in [-0.25, -0.2) is 0 Å². The van der Waals surface area contributed by atoms with Gasteiger partial charge in [-0.1, -0.05) is 42.5 Å². The molecule has 0 saturated heterocycles. The Bertz CT molecular complexity index is 961. The van der Waals surface area contributed by atoms with E-state index in [0.717, 1.165) is 11.1 Å². The Morgan fingerprint density at radius 1 is 0.933 bits per heavy atom. The minimum Gasteiger partial charge on any atom is -0.457 e. The molecule has 0 unspecified atom stereocenters. The first kappa shape index (κ1) is 21.9. The number of nitrogens with one attached hydrogen (secondary N) is 1. The number of ether oxygens (including phenoxy) is 1. The van der Waals surface area contributed by atoms with E-state index in [4.69, 9.17) is 20.3 Å². The first-order chi connectivity index (χ1) is 14.3. The smallest absolute Gasteiger partial charge is 0.327 e. The minimum absolute atomic E-state index is 0.322. The molecule has 8 heteroatoms. The van der Waals surface area contributed by atoms with Gasteiger partial charge in [0.05, 0.1) is 6.61 Å². The first-order valence-electron chi connectivity index (χ1n) is 9.18. The average molecular weight is 426 g/mol. The van der Waals surface area contributed by atoms with Gasteiger partial charge in [0, 0.05) is 5.69 Å². The van der Waals surface area contributed by atoms with Gasteiger partial charge in [-0.15, -0.1) is 0 Å². The van der Waals surface area contributed by atoms with Gasteiger partial charge in [-0.2, -0.15) is 0 Å². The minimum atomic E-state index is -2.57.